The van der Waals surface area contributed by atoms with E-state index in [0.29, 0.717) is 12.2 Å². The molecule has 2 atom stereocenters. The molecule has 0 spiro atoms. The van der Waals surface area contributed by atoms with Gasteiger partial charge in [0.25, 0.3) is 0 Å². The van der Waals surface area contributed by atoms with Crippen molar-refractivity contribution in [1.29, 1.82) is 0 Å². The normalized spacial score (nSPS) is 21.0. The molecule has 0 saturated carbocycles. The van der Waals surface area contributed by atoms with Gasteiger partial charge in [-0.2, -0.15) is 13.2 Å². The van der Waals surface area contributed by atoms with Crippen LogP contribution in [0.25, 0.3) is 0 Å². The van der Waals surface area contributed by atoms with Gasteiger partial charge >= 0.3 is 6.18 Å². The Balaban J connectivity index is 1.71. The lowest BCUT2D eigenvalue weighted by atomic mass is 10.1. The Morgan fingerprint density at radius 1 is 1.36 bits per heavy atom. The predicted molar refractivity (Wildman–Crippen MR) is 83.2 cm³/mol. The molecule has 1 aromatic heterocycles. The number of hydrogen-bond acceptors (Lipinski definition) is 3. The molecule has 3 rings (SSSR count). The highest BCUT2D eigenvalue weighted by atomic mass is 19.4. The molecule has 4 nitrogen and oxygen atoms in total. The lowest BCUT2D eigenvalue weighted by molar-refractivity contribution is -0.140. The van der Waals surface area contributed by atoms with Gasteiger partial charge < -0.3 is 14.6 Å². The van der Waals surface area contributed by atoms with E-state index in [4.69, 9.17) is 4.74 Å². The summed E-state index contributed by atoms with van der Waals surface area (Å²) in [6, 6.07) is 2.99. The first-order valence-corrected chi connectivity index (χ1v) is 8.11. The quantitative estimate of drug-likeness (QED) is 0.830. The number of aromatic nitrogens is 2. The van der Waals surface area contributed by atoms with Crippen LogP contribution in [-0.4, -0.2) is 22.2 Å². The van der Waals surface area contributed by atoms with Crippen molar-refractivity contribution in [3.63, 3.8) is 0 Å². The summed E-state index contributed by atoms with van der Waals surface area (Å²) < 4.78 is 59.5. The first-order chi connectivity index (χ1) is 11.9. The lowest BCUT2D eigenvalue weighted by Crippen LogP contribution is -2.32. The van der Waals surface area contributed by atoms with Crippen LogP contribution in [0.15, 0.2) is 30.6 Å². The molecule has 0 amide bonds. The van der Waals surface area contributed by atoms with Crippen LogP contribution in [0, 0.1) is 5.82 Å². The van der Waals surface area contributed by atoms with Crippen molar-refractivity contribution in [2.24, 2.45) is 0 Å². The van der Waals surface area contributed by atoms with E-state index in [0.717, 1.165) is 30.9 Å². The van der Waals surface area contributed by atoms with E-state index in [9.17, 15) is 17.6 Å². The second-order valence-corrected chi connectivity index (χ2v) is 5.95. The van der Waals surface area contributed by atoms with Crippen molar-refractivity contribution in [1.82, 2.24) is 14.9 Å². The van der Waals surface area contributed by atoms with Gasteiger partial charge in [-0.1, -0.05) is 6.07 Å². The molecule has 1 saturated heterocycles. The number of imidazole rings is 1. The van der Waals surface area contributed by atoms with Gasteiger partial charge in [0.05, 0.1) is 5.56 Å². The molecule has 1 N–H and O–H groups in total. The minimum absolute atomic E-state index is 0.0629. The van der Waals surface area contributed by atoms with Crippen LogP contribution >= 0.6 is 0 Å². The highest BCUT2D eigenvalue weighted by Gasteiger charge is 2.35. The highest BCUT2D eigenvalue weighted by molar-refractivity contribution is 5.27. The van der Waals surface area contributed by atoms with Gasteiger partial charge in [-0.25, -0.2) is 9.37 Å². The number of ether oxygens (including phenoxy) is 1. The summed E-state index contributed by atoms with van der Waals surface area (Å²) in [7, 11) is 0. The molecule has 0 radical (unpaired) electrons. The van der Waals surface area contributed by atoms with Crippen molar-refractivity contribution in [2.75, 3.05) is 6.61 Å². The Labute approximate surface area is 142 Å². The lowest BCUT2D eigenvalue weighted by Gasteiger charge is -2.20. The van der Waals surface area contributed by atoms with E-state index in [1.165, 1.54) is 6.07 Å². The van der Waals surface area contributed by atoms with Crippen molar-refractivity contribution in [3.8, 4) is 0 Å². The maximum absolute atomic E-state index is 13.4. The third-order valence-corrected chi connectivity index (χ3v) is 4.34. The zero-order valence-electron chi connectivity index (χ0n) is 13.7. The molecule has 8 heteroatoms. The third-order valence-electron chi connectivity index (χ3n) is 4.34. The van der Waals surface area contributed by atoms with E-state index in [2.05, 4.69) is 10.3 Å². The zero-order chi connectivity index (χ0) is 18.0. The monoisotopic (exact) mass is 357 g/mol. The fraction of sp³-hybridized carbons (Fsp3) is 0.471. The second-order valence-electron chi connectivity index (χ2n) is 5.95. The number of nitrogens with zero attached hydrogens (tertiary/aromatic N) is 2. The fourth-order valence-corrected chi connectivity index (χ4v) is 3.05. The number of nitrogens with one attached hydrogen (secondary N) is 1. The molecule has 0 bridgehead atoms. The molecular formula is C17H19F4N3O. The molecule has 2 heterocycles. The second kappa shape index (κ2) is 7.13. The van der Waals surface area contributed by atoms with Crippen LogP contribution in [0.3, 0.4) is 0 Å². The molecule has 25 heavy (non-hydrogen) atoms. The van der Waals surface area contributed by atoms with Crippen LogP contribution in [0.1, 0.15) is 36.4 Å². The summed E-state index contributed by atoms with van der Waals surface area (Å²) in [5.41, 5.74) is -0.870. The van der Waals surface area contributed by atoms with E-state index < -0.39 is 17.6 Å². The van der Waals surface area contributed by atoms with Gasteiger partial charge in [0, 0.05) is 38.1 Å². The molecule has 1 aliphatic rings. The number of aryl methyl sites for hydroxylation is 1. The molecule has 1 aliphatic heterocycles. The molecule has 1 fully saturated rings. The Morgan fingerprint density at radius 3 is 2.88 bits per heavy atom. The largest absolute Gasteiger partial charge is 0.419 e. The number of rotatable bonds is 5. The van der Waals surface area contributed by atoms with Crippen LogP contribution in [0.5, 0.6) is 0 Å². The predicted octanol–water partition coefficient (Wildman–Crippen LogP) is 3.68. The maximum atomic E-state index is 13.4. The van der Waals surface area contributed by atoms with Gasteiger partial charge in [0.2, 0.25) is 0 Å². The smallest absolute Gasteiger partial charge is 0.369 e. The highest BCUT2D eigenvalue weighted by Crippen LogP contribution is 2.32. The number of benzene rings is 1. The molecule has 2 aromatic rings. The SMILES string of the molecule is CCn1ccnc1[C@H]1OCC[C@@H]1NCc1ccc(F)c(C(F)(F)F)c1. The van der Waals surface area contributed by atoms with Crippen molar-refractivity contribution in [2.45, 2.75) is 44.8 Å². The molecule has 136 valence electrons. The van der Waals surface area contributed by atoms with Crippen LogP contribution in [0.2, 0.25) is 0 Å². The van der Waals surface area contributed by atoms with Crippen LogP contribution in [-0.2, 0) is 24.0 Å². The summed E-state index contributed by atoms with van der Waals surface area (Å²) >= 11 is 0. The summed E-state index contributed by atoms with van der Waals surface area (Å²) in [6.45, 7) is 3.51. The summed E-state index contributed by atoms with van der Waals surface area (Å²) in [5.74, 6) is -0.462. The first-order valence-electron chi connectivity index (χ1n) is 8.11. The summed E-state index contributed by atoms with van der Waals surface area (Å²) in [6.07, 6.45) is -0.659. The van der Waals surface area contributed by atoms with Crippen molar-refractivity contribution >= 4 is 0 Å². The van der Waals surface area contributed by atoms with E-state index in [1.54, 1.807) is 6.20 Å². The van der Waals surface area contributed by atoms with Gasteiger partial charge in [0.15, 0.2) is 0 Å². The topological polar surface area (TPSA) is 39.1 Å². The summed E-state index contributed by atoms with van der Waals surface area (Å²) in [4.78, 5) is 4.33. The number of alkyl halides is 3. The Hall–Kier alpha value is -1.93. The zero-order valence-corrected chi connectivity index (χ0v) is 13.7. The summed E-state index contributed by atoms with van der Waals surface area (Å²) in [5, 5.41) is 3.22. The molecule has 0 unspecified atom stereocenters. The number of hydrogen-bond donors (Lipinski definition) is 1. The Bertz CT molecular complexity index is 729. The maximum Gasteiger partial charge on any atom is 0.419 e. The minimum Gasteiger partial charge on any atom is -0.369 e. The Morgan fingerprint density at radius 2 is 2.16 bits per heavy atom. The van der Waals surface area contributed by atoms with Crippen LogP contribution in [0.4, 0.5) is 17.6 Å². The van der Waals surface area contributed by atoms with Crippen molar-refractivity contribution in [3.05, 3.63) is 53.4 Å². The first kappa shape index (κ1) is 17.9. The average molecular weight is 357 g/mol. The standard InChI is InChI=1S/C17H19F4N3O/c1-2-24-7-6-22-16(24)15-14(5-8-25-15)23-10-11-3-4-13(18)12(9-11)17(19,20)21/h3-4,6-7,9,14-15,23H,2,5,8,10H2,1H3/t14-,15-/m0/s1. The van der Waals surface area contributed by atoms with Gasteiger partial charge in [0.1, 0.15) is 17.7 Å². The van der Waals surface area contributed by atoms with Gasteiger partial charge in [-0.15, -0.1) is 0 Å². The molecular weight excluding hydrogens is 338 g/mol. The van der Waals surface area contributed by atoms with Gasteiger partial charge in [-0.05, 0) is 31.0 Å². The molecule has 1 aromatic carbocycles. The van der Waals surface area contributed by atoms with E-state index in [-0.39, 0.29) is 18.7 Å². The fourth-order valence-electron chi connectivity index (χ4n) is 3.05. The molecule has 0 aliphatic carbocycles. The van der Waals surface area contributed by atoms with Crippen molar-refractivity contribution < 1.29 is 22.3 Å². The number of halogens is 4. The minimum atomic E-state index is -4.70. The average Bonchev–Trinajstić information content (AvgIpc) is 3.21. The van der Waals surface area contributed by atoms with E-state index >= 15 is 0 Å². The van der Waals surface area contributed by atoms with Crippen LogP contribution < -0.4 is 5.32 Å². The third kappa shape index (κ3) is 3.85. The van der Waals surface area contributed by atoms with Gasteiger partial charge in [-0.3, -0.25) is 0 Å². The Kier molecular flexibility index (Phi) is 5.10. The van der Waals surface area contributed by atoms with E-state index in [1.807, 2.05) is 17.7 Å².